The largest absolute Gasteiger partial charge is 0.354 e. The minimum Gasteiger partial charge on any atom is -0.354 e. The average molecular weight is 545 g/mol. The normalized spacial score (nSPS) is 32.9. The van der Waals surface area contributed by atoms with Gasteiger partial charge in [0.1, 0.15) is 24.6 Å². The first-order valence-electron chi connectivity index (χ1n) is 13.0. The molecule has 1 aromatic carbocycles. The van der Waals surface area contributed by atoms with Crippen molar-refractivity contribution in [1.29, 1.82) is 5.26 Å². The first-order valence-corrected chi connectivity index (χ1v) is 14.1. The lowest BCUT2D eigenvalue weighted by Crippen LogP contribution is -2.40. The van der Waals surface area contributed by atoms with Gasteiger partial charge in [0.25, 0.3) is 14.1 Å². The second-order valence-corrected chi connectivity index (χ2v) is 11.1. The molecule has 1 N–H and O–H groups in total. The highest BCUT2D eigenvalue weighted by Crippen LogP contribution is 2.64. The molecule has 38 heavy (non-hydrogen) atoms. The third-order valence-electron chi connectivity index (χ3n) is 7.41. The van der Waals surface area contributed by atoms with Gasteiger partial charge in [-0.15, -0.1) is 0 Å². The van der Waals surface area contributed by atoms with Gasteiger partial charge in [-0.25, -0.2) is 9.46 Å². The number of hydrogen-bond donors (Lipinski definition) is 1. The van der Waals surface area contributed by atoms with E-state index in [4.69, 9.17) is 28.5 Å². The topological polar surface area (TPSA) is 128 Å². The van der Waals surface area contributed by atoms with Crippen molar-refractivity contribution >= 4 is 8.53 Å². The summed E-state index contributed by atoms with van der Waals surface area (Å²) in [6, 6.07) is 13.7. The lowest BCUT2D eigenvalue weighted by atomic mass is 9.87. The van der Waals surface area contributed by atoms with Crippen LogP contribution < -0.4 is 11.2 Å². The third-order valence-corrected chi connectivity index (χ3v) is 9.27. The molecule has 2 aromatic rings. The Morgan fingerprint density at radius 1 is 1.24 bits per heavy atom. The van der Waals surface area contributed by atoms with Crippen molar-refractivity contribution in [3.8, 4) is 6.07 Å². The average Bonchev–Trinajstić information content (AvgIpc) is 3.61. The molecule has 3 aliphatic rings. The predicted octanol–water partition coefficient (Wildman–Crippen LogP) is 3.14. The number of fused-ring (bicyclic) bond motifs is 1. The summed E-state index contributed by atoms with van der Waals surface area (Å²) in [5.41, 5.74) is -0.506. The van der Waals surface area contributed by atoms with Gasteiger partial charge in [-0.2, -0.15) is 5.26 Å². The third kappa shape index (κ3) is 5.23. The molecule has 0 saturated carbocycles. The Kier molecular flexibility index (Phi) is 8.41. The van der Waals surface area contributed by atoms with Crippen LogP contribution in [0.3, 0.4) is 0 Å². The van der Waals surface area contributed by atoms with Gasteiger partial charge in [0.2, 0.25) is 0 Å². The van der Waals surface area contributed by atoms with E-state index in [1.54, 1.807) is 0 Å². The van der Waals surface area contributed by atoms with Gasteiger partial charge in [0.05, 0.1) is 31.2 Å². The maximum Gasteiger partial charge on any atom is 0.330 e. The first kappa shape index (κ1) is 27.2. The van der Waals surface area contributed by atoms with E-state index in [-0.39, 0.29) is 25.9 Å². The Labute approximate surface area is 222 Å². The Morgan fingerprint density at radius 3 is 2.79 bits per heavy atom. The fourth-order valence-electron chi connectivity index (χ4n) is 5.48. The van der Waals surface area contributed by atoms with Crippen LogP contribution in [0.2, 0.25) is 0 Å². The van der Waals surface area contributed by atoms with E-state index in [0.717, 1.165) is 24.9 Å². The Hall–Kier alpha value is -2.42. The van der Waals surface area contributed by atoms with E-state index in [1.807, 2.05) is 31.2 Å². The monoisotopic (exact) mass is 544 g/mol. The van der Waals surface area contributed by atoms with Crippen LogP contribution in [-0.4, -0.2) is 58.5 Å². The molecule has 0 aliphatic carbocycles. The zero-order chi connectivity index (χ0) is 26.7. The Morgan fingerprint density at radius 2 is 2.05 bits per heavy atom. The van der Waals surface area contributed by atoms with Crippen molar-refractivity contribution in [3.63, 3.8) is 0 Å². The predicted molar refractivity (Wildman–Crippen MR) is 138 cm³/mol. The van der Waals surface area contributed by atoms with E-state index in [0.29, 0.717) is 6.42 Å². The minimum absolute atomic E-state index is 0.104. The quantitative estimate of drug-likeness (QED) is 0.273. The smallest absolute Gasteiger partial charge is 0.330 e. The molecule has 3 saturated heterocycles. The van der Waals surface area contributed by atoms with Gasteiger partial charge in [0, 0.05) is 18.8 Å². The van der Waals surface area contributed by atoms with Gasteiger partial charge < -0.3 is 23.3 Å². The number of benzene rings is 1. The van der Waals surface area contributed by atoms with Crippen LogP contribution >= 0.6 is 8.53 Å². The molecule has 7 atom stereocenters. The number of H-pyrrole nitrogens is 1. The fraction of sp³-hybridized carbons (Fsp3) is 0.577. The molecule has 204 valence electrons. The molecule has 12 heteroatoms. The highest BCUT2D eigenvalue weighted by molar-refractivity contribution is 7.45. The van der Waals surface area contributed by atoms with E-state index in [1.165, 1.54) is 16.8 Å². The van der Waals surface area contributed by atoms with E-state index in [2.05, 4.69) is 28.7 Å². The van der Waals surface area contributed by atoms with Gasteiger partial charge in [0.15, 0.2) is 6.23 Å². The molecule has 3 fully saturated rings. The van der Waals surface area contributed by atoms with E-state index in [9.17, 15) is 9.59 Å². The molecule has 11 nitrogen and oxygen atoms in total. The lowest BCUT2D eigenvalue weighted by molar-refractivity contribution is -0.137. The lowest BCUT2D eigenvalue weighted by Gasteiger charge is -2.29. The number of ether oxygens (including phenoxy) is 3. The van der Waals surface area contributed by atoms with Crippen molar-refractivity contribution in [1.82, 2.24) is 14.2 Å². The second-order valence-electron chi connectivity index (χ2n) is 9.75. The summed E-state index contributed by atoms with van der Waals surface area (Å²) in [4.78, 5) is 26.6. The highest BCUT2D eigenvalue weighted by atomic mass is 31.2. The fourth-order valence-corrected chi connectivity index (χ4v) is 7.63. The van der Waals surface area contributed by atoms with Crippen LogP contribution in [0.1, 0.15) is 51.3 Å². The standard InChI is InChI=1S/C26H33N4O7P/c1-3-19-22(36-38-30-14-7-11-20(30)26(2,37-38)18-9-5-4-6-10-18)23(34-17-33-16-8-13-27)24(35-19)29-15-12-21(31)28-25(29)32/h4-6,9-10,12,15,19-20,22-24H,3,7-8,11,14,16-17H2,1-2H3,(H,28,31,32)/t19-,20+,22+,23?,24-,26-,38+/m1/s1. The van der Waals surface area contributed by atoms with Crippen LogP contribution in [0.5, 0.6) is 0 Å². The number of nitrogens with zero attached hydrogens (tertiary/aromatic N) is 3. The second kappa shape index (κ2) is 11.8. The van der Waals surface area contributed by atoms with Gasteiger partial charge >= 0.3 is 5.69 Å². The highest BCUT2D eigenvalue weighted by Gasteiger charge is 2.57. The zero-order valence-electron chi connectivity index (χ0n) is 21.5. The SMILES string of the molecule is CC[C@H]1O[C@@H](n2ccc(=O)[nH]c2=O)C(OCOCCC#N)[C@H]1O[P@@]1O[C@](C)(c2ccccc2)[C@@H]2CCCN21. The molecular weight excluding hydrogens is 511 g/mol. The molecule has 1 aromatic heterocycles. The number of aromatic nitrogens is 2. The Balaban J connectivity index is 1.42. The summed E-state index contributed by atoms with van der Waals surface area (Å²) < 4.78 is 35.0. The number of nitriles is 1. The van der Waals surface area contributed by atoms with Crippen molar-refractivity contribution in [2.75, 3.05) is 19.9 Å². The zero-order valence-corrected chi connectivity index (χ0v) is 22.4. The minimum atomic E-state index is -1.45. The summed E-state index contributed by atoms with van der Waals surface area (Å²) in [5.74, 6) is 0. The number of hydrogen-bond acceptors (Lipinski definition) is 9. The summed E-state index contributed by atoms with van der Waals surface area (Å²) in [5, 5.41) is 8.79. The summed E-state index contributed by atoms with van der Waals surface area (Å²) in [7, 11) is -1.45. The number of aromatic amines is 1. The summed E-state index contributed by atoms with van der Waals surface area (Å²) in [6.07, 6.45) is 1.78. The molecule has 3 aliphatic heterocycles. The maximum atomic E-state index is 12.7. The molecule has 0 spiro atoms. The molecule has 5 rings (SSSR count). The van der Waals surface area contributed by atoms with Crippen molar-refractivity contribution < 1.29 is 23.3 Å². The van der Waals surface area contributed by atoms with Gasteiger partial charge in [-0.05, 0) is 31.7 Å². The molecule has 4 heterocycles. The van der Waals surface area contributed by atoms with Crippen LogP contribution in [0.15, 0.2) is 52.2 Å². The van der Waals surface area contributed by atoms with Crippen LogP contribution in [-0.2, 0) is 28.9 Å². The van der Waals surface area contributed by atoms with Gasteiger partial charge in [-0.1, -0.05) is 37.3 Å². The van der Waals surface area contributed by atoms with Crippen molar-refractivity contribution in [3.05, 3.63) is 69.0 Å². The number of nitrogens with one attached hydrogen (secondary N) is 1. The number of rotatable bonds is 10. The van der Waals surface area contributed by atoms with E-state index < -0.39 is 49.9 Å². The molecule has 0 bridgehead atoms. The first-order chi connectivity index (χ1) is 18.5. The molecule has 0 radical (unpaired) electrons. The van der Waals surface area contributed by atoms with Crippen LogP contribution in [0.4, 0.5) is 0 Å². The Bertz CT molecular complexity index is 1250. The maximum absolute atomic E-state index is 12.7. The van der Waals surface area contributed by atoms with Crippen LogP contribution in [0, 0.1) is 11.3 Å². The molecule has 1 unspecified atom stereocenters. The summed E-state index contributed by atoms with van der Waals surface area (Å²) >= 11 is 0. The van der Waals surface area contributed by atoms with Gasteiger partial charge in [-0.3, -0.25) is 14.3 Å². The molecular formula is C26H33N4O7P. The molecule has 0 amide bonds. The van der Waals surface area contributed by atoms with E-state index >= 15 is 0 Å². The van der Waals surface area contributed by atoms with Crippen molar-refractivity contribution in [2.24, 2.45) is 0 Å². The van der Waals surface area contributed by atoms with Crippen molar-refractivity contribution in [2.45, 2.75) is 75.7 Å². The summed E-state index contributed by atoms with van der Waals surface area (Å²) in [6.45, 7) is 5.09. The van der Waals surface area contributed by atoms with Crippen LogP contribution in [0.25, 0.3) is 0 Å².